The standard InChI is InChI=1S/C18H20N2O2/c21-11-9-20(10-12-22)13-16-14-5-1-3-7-17(14)19-18-8-4-2-6-15(16)18/h1-8,21-22H,9-13H2. The fourth-order valence-electron chi connectivity index (χ4n) is 2.87. The van der Waals surface area contributed by atoms with Gasteiger partial charge in [0.25, 0.3) is 0 Å². The third-order valence-corrected chi connectivity index (χ3v) is 3.91. The van der Waals surface area contributed by atoms with Crippen LogP contribution < -0.4 is 0 Å². The molecule has 0 spiro atoms. The first-order valence-corrected chi connectivity index (χ1v) is 7.54. The molecule has 0 aliphatic rings. The number of hydrogen-bond donors (Lipinski definition) is 2. The van der Waals surface area contributed by atoms with E-state index < -0.39 is 0 Å². The van der Waals surface area contributed by atoms with Crippen LogP contribution >= 0.6 is 0 Å². The van der Waals surface area contributed by atoms with Crippen LogP contribution in [0.25, 0.3) is 21.8 Å². The molecule has 1 aromatic heterocycles. The first-order valence-electron chi connectivity index (χ1n) is 7.54. The third-order valence-electron chi connectivity index (χ3n) is 3.91. The van der Waals surface area contributed by atoms with Gasteiger partial charge in [-0.15, -0.1) is 0 Å². The lowest BCUT2D eigenvalue weighted by Gasteiger charge is -2.22. The smallest absolute Gasteiger partial charge is 0.0713 e. The number of rotatable bonds is 6. The molecule has 0 radical (unpaired) electrons. The van der Waals surface area contributed by atoms with Crippen molar-refractivity contribution in [1.29, 1.82) is 0 Å². The zero-order valence-electron chi connectivity index (χ0n) is 12.4. The maximum Gasteiger partial charge on any atom is 0.0713 e. The fraction of sp³-hybridized carbons (Fsp3) is 0.278. The number of pyridine rings is 1. The Kier molecular flexibility index (Phi) is 4.63. The summed E-state index contributed by atoms with van der Waals surface area (Å²) < 4.78 is 0. The first-order chi connectivity index (χ1) is 10.8. The lowest BCUT2D eigenvalue weighted by atomic mass is 10.0. The van der Waals surface area contributed by atoms with Crippen molar-refractivity contribution < 1.29 is 10.2 Å². The number of para-hydroxylation sites is 2. The van der Waals surface area contributed by atoms with Crippen LogP contribution in [0.15, 0.2) is 48.5 Å². The second-order valence-electron chi connectivity index (χ2n) is 5.35. The fourth-order valence-corrected chi connectivity index (χ4v) is 2.87. The lowest BCUT2D eigenvalue weighted by molar-refractivity contribution is 0.156. The summed E-state index contributed by atoms with van der Waals surface area (Å²) in [5.74, 6) is 0. The molecule has 3 rings (SSSR count). The number of fused-ring (bicyclic) bond motifs is 2. The number of aliphatic hydroxyl groups excluding tert-OH is 2. The number of nitrogens with zero attached hydrogens (tertiary/aromatic N) is 2. The number of hydrogen-bond acceptors (Lipinski definition) is 4. The summed E-state index contributed by atoms with van der Waals surface area (Å²) in [6.07, 6.45) is 0. The Balaban J connectivity index is 2.14. The van der Waals surface area contributed by atoms with E-state index in [-0.39, 0.29) is 13.2 Å². The van der Waals surface area contributed by atoms with E-state index in [4.69, 9.17) is 4.98 Å². The van der Waals surface area contributed by atoms with Gasteiger partial charge in [-0.05, 0) is 17.7 Å². The van der Waals surface area contributed by atoms with Crippen molar-refractivity contribution in [1.82, 2.24) is 9.88 Å². The highest BCUT2D eigenvalue weighted by molar-refractivity contribution is 5.97. The van der Waals surface area contributed by atoms with Crippen LogP contribution in [0.1, 0.15) is 5.56 Å². The van der Waals surface area contributed by atoms with Crippen LogP contribution in [-0.2, 0) is 6.54 Å². The van der Waals surface area contributed by atoms with Gasteiger partial charge in [0.15, 0.2) is 0 Å². The maximum atomic E-state index is 9.23. The molecule has 0 unspecified atom stereocenters. The van der Waals surface area contributed by atoms with Gasteiger partial charge in [0, 0.05) is 30.4 Å². The minimum Gasteiger partial charge on any atom is -0.395 e. The Hall–Kier alpha value is -2.01. The Morgan fingerprint density at radius 1 is 0.773 bits per heavy atom. The second-order valence-corrected chi connectivity index (χ2v) is 5.35. The Labute approximate surface area is 129 Å². The van der Waals surface area contributed by atoms with Crippen molar-refractivity contribution in [2.45, 2.75) is 6.54 Å². The molecule has 4 heteroatoms. The quantitative estimate of drug-likeness (QED) is 0.685. The molecule has 2 aromatic carbocycles. The summed E-state index contributed by atoms with van der Waals surface area (Å²) in [4.78, 5) is 6.78. The molecule has 0 bridgehead atoms. The molecule has 1 heterocycles. The highest BCUT2D eigenvalue weighted by atomic mass is 16.3. The zero-order chi connectivity index (χ0) is 15.4. The van der Waals surface area contributed by atoms with Crippen molar-refractivity contribution in [2.24, 2.45) is 0 Å². The second kappa shape index (κ2) is 6.83. The van der Waals surface area contributed by atoms with E-state index in [0.717, 1.165) is 21.8 Å². The monoisotopic (exact) mass is 296 g/mol. The highest BCUT2D eigenvalue weighted by Crippen LogP contribution is 2.26. The van der Waals surface area contributed by atoms with E-state index in [0.29, 0.717) is 19.6 Å². The largest absolute Gasteiger partial charge is 0.395 e. The molecule has 0 saturated carbocycles. The van der Waals surface area contributed by atoms with Gasteiger partial charge >= 0.3 is 0 Å². The maximum absolute atomic E-state index is 9.23. The van der Waals surface area contributed by atoms with Crippen LogP contribution in [0, 0.1) is 0 Å². The molecule has 3 aromatic rings. The summed E-state index contributed by atoms with van der Waals surface area (Å²) in [7, 11) is 0. The third kappa shape index (κ3) is 2.95. The van der Waals surface area contributed by atoms with Crippen molar-refractivity contribution in [3.63, 3.8) is 0 Å². The Bertz CT molecular complexity index is 713. The van der Waals surface area contributed by atoms with Crippen LogP contribution in [0.2, 0.25) is 0 Å². The predicted octanol–water partition coefficient (Wildman–Crippen LogP) is 2.17. The molecule has 4 nitrogen and oxygen atoms in total. The van der Waals surface area contributed by atoms with Gasteiger partial charge in [-0.1, -0.05) is 36.4 Å². The van der Waals surface area contributed by atoms with Gasteiger partial charge in [0.1, 0.15) is 0 Å². The van der Waals surface area contributed by atoms with E-state index in [1.54, 1.807) is 0 Å². The molecule has 0 aliphatic heterocycles. The molecule has 0 atom stereocenters. The van der Waals surface area contributed by atoms with Crippen molar-refractivity contribution >= 4 is 21.8 Å². The molecule has 0 fully saturated rings. The van der Waals surface area contributed by atoms with Gasteiger partial charge in [-0.25, -0.2) is 4.98 Å². The summed E-state index contributed by atoms with van der Waals surface area (Å²) >= 11 is 0. The minimum absolute atomic E-state index is 0.0843. The van der Waals surface area contributed by atoms with Gasteiger partial charge in [0.05, 0.1) is 24.2 Å². The number of aliphatic hydroxyl groups is 2. The van der Waals surface area contributed by atoms with Crippen LogP contribution in [-0.4, -0.2) is 46.4 Å². The summed E-state index contributed by atoms with van der Waals surface area (Å²) in [6.45, 7) is 1.95. The lowest BCUT2D eigenvalue weighted by Crippen LogP contribution is -2.29. The van der Waals surface area contributed by atoms with E-state index in [2.05, 4.69) is 17.0 Å². The molecular weight excluding hydrogens is 276 g/mol. The first kappa shape index (κ1) is 14.9. The number of aromatic nitrogens is 1. The van der Waals surface area contributed by atoms with Gasteiger partial charge in [-0.3, -0.25) is 4.90 Å². The van der Waals surface area contributed by atoms with Gasteiger partial charge < -0.3 is 10.2 Å². The predicted molar refractivity (Wildman–Crippen MR) is 88.7 cm³/mol. The molecule has 22 heavy (non-hydrogen) atoms. The highest BCUT2D eigenvalue weighted by Gasteiger charge is 2.12. The minimum atomic E-state index is 0.0843. The SMILES string of the molecule is OCCN(CCO)Cc1c2ccccc2nc2ccccc12. The molecular formula is C18H20N2O2. The van der Waals surface area contributed by atoms with E-state index in [9.17, 15) is 10.2 Å². The zero-order valence-corrected chi connectivity index (χ0v) is 12.4. The summed E-state index contributed by atoms with van der Waals surface area (Å²) in [5.41, 5.74) is 3.15. The van der Waals surface area contributed by atoms with Crippen molar-refractivity contribution in [2.75, 3.05) is 26.3 Å². The molecule has 2 N–H and O–H groups in total. The van der Waals surface area contributed by atoms with E-state index in [1.165, 1.54) is 5.56 Å². The molecule has 0 aliphatic carbocycles. The number of benzene rings is 2. The average Bonchev–Trinajstić information content (AvgIpc) is 2.55. The Morgan fingerprint density at radius 2 is 1.27 bits per heavy atom. The average molecular weight is 296 g/mol. The topological polar surface area (TPSA) is 56.6 Å². The summed E-state index contributed by atoms with van der Waals surface area (Å²) in [5, 5.41) is 20.7. The van der Waals surface area contributed by atoms with Crippen molar-refractivity contribution in [3.8, 4) is 0 Å². The van der Waals surface area contributed by atoms with E-state index >= 15 is 0 Å². The molecule has 0 saturated heterocycles. The summed E-state index contributed by atoms with van der Waals surface area (Å²) in [6, 6.07) is 16.2. The Morgan fingerprint density at radius 3 is 1.77 bits per heavy atom. The van der Waals surface area contributed by atoms with Crippen molar-refractivity contribution in [3.05, 3.63) is 54.1 Å². The van der Waals surface area contributed by atoms with Crippen LogP contribution in [0.3, 0.4) is 0 Å². The van der Waals surface area contributed by atoms with Gasteiger partial charge in [-0.2, -0.15) is 0 Å². The van der Waals surface area contributed by atoms with E-state index in [1.807, 2.05) is 36.4 Å². The van der Waals surface area contributed by atoms with Gasteiger partial charge in [0.2, 0.25) is 0 Å². The normalized spacial score (nSPS) is 11.6. The molecule has 0 amide bonds. The molecule has 114 valence electrons. The van der Waals surface area contributed by atoms with Crippen LogP contribution in [0.5, 0.6) is 0 Å². The van der Waals surface area contributed by atoms with Crippen LogP contribution in [0.4, 0.5) is 0 Å².